The number of aliphatic hydroxyl groups excluding tert-OH is 4. The maximum Gasteiger partial charge on any atom is 1.00 e. The zero-order chi connectivity index (χ0) is 21.9. The van der Waals surface area contributed by atoms with E-state index in [4.69, 9.17) is 30.3 Å². The van der Waals surface area contributed by atoms with E-state index in [1.165, 1.54) is 26.7 Å². The SMILES string of the molecule is CC(CO)(CO)C(=O)O.CCCCBr.CCCCOC(=O)C(C)(CO)CO.[K+].[OH-]. The number of halogens is 1. The molecule has 6 N–H and O–H groups in total. The molecule has 0 bridgehead atoms. The number of hydrogen-bond donors (Lipinski definition) is 5. The minimum absolute atomic E-state index is 0. The summed E-state index contributed by atoms with van der Waals surface area (Å²) in [7, 11) is 0. The summed E-state index contributed by atoms with van der Waals surface area (Å²) in [5, 5.41) is 44.0. The van der Waals surface area contributed by atoms with Gasteiger partial charge in [0.2, 0.25) is 0 Å². The van der Waals surface area contributed by atoms with Crippen LogP contribution in [0.25, 0.3) is 0 Å². The van der Waals surface area contributed by atoms with Crippen molar-refractivity contribution in [3.63, 3.8) is 0 Å². The second-order valence-corrected chi connectivity index (χ2v) is 7.38. The normalized spacial score (nSPS) is 10.1. The molecular weight excluding hydrogens is 479 g/mol. The number of carboxylic acid groups (broad SMARTS) is 1. The van der Waals surface area contributed by atoms with E-state index in [2.05, 4.69) is 22.9 Å². The smallest absolute Gasteiger partial charge is 0.870 e. The van der Waals surface area contributed by atoms with E-state index in [1.54, 1.807) is 0 Å². The second-order valence-electron chi connectivity index (χ2n) is 6.59. The van der Waals surface area contributed by atoms with Crippen molar-refractivity contribution in [1.29, 1.82) is 0 Å². The van der Waals surface area contributed by atoms with E-state index in [-0.39, 0.29) is 56.9 Å². The van der Waals surface area contributed by atoms with E-state index in [1.807, 2.05) is 6.92 Å². The number of unbranched alkanes of at least 4 members (excludes halogenated alkanes) is 2. The van der Waals surface area contributed by atoms with Gasteiger partial charge in [-0.1, -0.05) is 42.6 Å². The maximum atomic E-state index is 11.3. The maximum absolute atomic E-state index is 11.3. The summed E-state index contributed by atoms with van der Waals surface area (Å²) < 4.78 is 4.87. The molecule has 0 radical (unpaired) electrons. The van der Waals surface area contributed by atoms with E-state index in [0.717, 1.165) is 18.2 Å². The van der Waals surface area contributed by atoms with Crippen LogP contribution in [0.3, 0.4) is 0 Å². The molecule has 0 aliphatic heterocycles. The summed E-state index contributed by atoms with van der Waals surface area (Å²) in [6.07, 6.45) is 4.35. The van der Waals surface area contributed by atoms with Crippen LogP contribution >= 0.6 is 15.9 Å². The first kappa shape index (κ1) is 40.2. The monoisotopic (exact) mass is 516 g/mol. The standard InChI is InChI=1S/C9H18O4.C5H10O4.C4H9Br.K.H2O/c1-3-4-5-13-8(12)9(2,6-10)7-11;1-5(2-6,3-7)4(8)9;1-2-3-4-5;;/h10-11H,3-7H2,1-2H3;6-7H,2-3H2,1H3,(H,8,9);2-4H2,1H3;;1H2/q;;;+1;/p-1. The summed E-state index contributed by atoms with van der Waals surface area (Å²) in [5.74, 6) is -1.72. The Morgan fingerprint density at radius 1 is 0.862 bits per heavy atom. The van der Waals surface area contributed by atoms with Crippen LogP contribution in [0, 0.1) is 10.8 Å². The van der Waals surface area contributed by atoms with E-state index < -0.39 is 49.2 Å². The summed E-state index contributed by atoms with van der Waals surface area (Å²) in [6.45, 7) is 5.40. The first-order valence-corrected chi connectivity index (χ1v) is 10.1. The fraction of sp³-hybridized carbons (Fsp3) is 0.889. The van der Waals surface area contributed by atoms with Crippen LogP contribution in [-0.4, -0.2) is 81.3 Å². The summed E-state index contributed by atoms with van der Waals surface area (Å²) >= 11 is 3.31. The number of aliphatic hydroxyl groups is 4. The van der Waals surface area contributed by atoms with Gasteiger partial charge in [-0.05, 0) is 26.7 Å². The molecule has 0 aromatic heterocycles. The Labute approximate surface area is 225 Å². The Morgan fingerprint density at radius 3 is 1.41 bits per heavy atom. The Bertz CT molecular complexity index is 374. The average Bonchev–Trinajstić information content (AvgIpc) is 2.68. The molecule has 0 saturated heterocycles. The number of rotatable bonds is 11. The quantitative estimate of drug-likeness (QED) is 0.0935. The van der Waals surface area contributed by atoms with Crippen molar-refractivity contribution in [2.45, 2.75) is 53.4 Å². The molecule has 0 atom stereocenters. The topological polar surface area (TPSA) is 175 Å². The number of hydrogen-bond acceptors (Lipinski definition) is 8. The predicted octanol–water partition coefficient (Wildman–Crippen LogP) is -1.61. The number of alkyl halides is 1. The number of aliphatic carboxylic acids is 1. The molecule has 0 aromatic carbocycles. The van der Waals surface area contributed by atoms with Crippen LogP contribution in [0.15, 0.2) is 0 Å². The second kappa shape index (κ2) is 25.1. The molecule has 0 amide bonds. The molecular formula is C18H38BrKO9. The predicted molar refractivity (Wildman–Crippen MR) is 109 cm³/mol. The van der Waals surface area contributed by atoms with Crippen LogP contribution in [0.1, 0.15) is 53.4 Å². The van der Waals surface area contributed by atoms with Gasteiger partial charge in [-0.2, -0.15) is 0 Å². The van der Waals surface area contributed by atoms with Crippen LogP contribution < -0.4 is 51.4 Å². The van der Waals surface area contributed by atoms with E-state index >= 15 is 0 Å². The molecule has 0 fully saturated rings. The van der Waals surface area contributed by atoms with Crippen molar-refractivity contribution in [3.8, 4) is 0 Å². The first-order valence-electron chi connectivity index (χ1n) is 8.99. The number of carboxylic acids is 1. The minimum Gasteiger partial charge on any atom is -0.870 e. The fourth-order valence-corrected chi connectivity index (χ4v) is 1.54. The van der Waals surface area contributed by atoms with Gasteiger partial charge in [-0.25, -0.2) is 0 Å². The molecule has 0 spiro atoms. The molecule has 0 saturated carbocycles. The van der Waals surface area contributed by atoms with Crippen molar-refractivity contribution in [2.24, 2.45) is 10.8 Å². The molecule has 0 unspecified atom stereocenters. The Balaban J connectivity index is -0.000000105. The summed E-state index contributed by atoms with van der Waals surface area (Å²) in [5.41, 5.74) is -2.55. The van der Waals surface area contributed by atoms with E-state index in [0.29, 0.717) is 6.61 Å². The molecule has 29 heavy (non-hydrogen) atoms. The van der Waals surface area contributed by atoms with Crippen molar-refractivity contribution in [2.75, 3.05) is 38.4 Å². The third-order valence-electron chi connectivity index (χ3n) is 3.62. The van der Waals surface area contributed by atoms with Gasteiger partial charge in [0.15, 0.2) is 0 Å². The van der Waals surface area contributed by atoms with E-state index in [9.17, 15) is 9.59 Å². The Kier molecular flexibility index (Phi) is 34.9. The summed E-state index contributed by atoms with van der Waals surface area (Å²) in [4.78, 5) is 21.4. The fourth-order valence-electron chi connectivity index (χ4n) is 0.981. The molecule has 0 heterocycles. The Hall–Kier alpha value is 0.856. The minimum atomic E-state index is -1.39. The number of ether oxygens (including phenoxy) is 1. The number of carbonyl (C=O) groups is 2. The van der Waals surface area contributed by atoms with Gasteiger partial charge in [-0.15, -0.1) is 0 Å². The molecule has 0 rings (SSSR count). The van der Waals surface area contributed by atoms with Gasteiger partial charge >= 0.3 is 63.3 Å². The molecule has 172 valence electrons. The molecule has 11 heteroatoms. The molecule has 9 nitrogen and oxygen atoms in total. The number of esters is 1. The third-order valence-corrected chi connectivity index (χ3v) is 4.18. The van der Waals surface area contributed by atoms with Gasteiger partial charge in [-0.3, -0.25) is 9.59 Å². The van der Waals surface area contributed by atoms with Gasteiger partial charge in [0, 0.05) is 5.33 Å². The van der Waals surface area contributed by atoms with Crippen molar-refractivity contribution in [1.82, 2.24) is 0 Å². The summed E-state index contributed by atoms with van der Waals surface area (Å²) in [6, 6.07) is 0. The zero-order valence-electron chi connectivity index (χ0n) is 18.4. The molecule has 0 aliphatic carbocycles. The van der Waals surface area contributed by atoms with Gasteiger partial charge in [0.25, 0.3) is 0 Å². The molecule has 0 aromatic rings. The van der Waals surface area contributed by atoms with Crippen LogP contribution in [0.5, 0.6) is 0 Å². The van der Waals surface area contributed by atoms with Crippen LogP contribution in [0.2, 0.25) is 0 Å². The van der Waals surface area contributed by atoms with Gasteiger partial charge in [0.1, 0.15) is 10.8 Å². The van der Waals surface area contributed by atoms with Gasteiger partial charge < -0.3 is 35.7 Å². The largest absolute Gasteiger partial charge is 1.00 e. The average molecular weight is 517 g/mol. The Morgan fingerprint density at radius 2 is 1.24 bits per heavy atom. The number of carbonyl (C=O) groups excluding carboxylic acids is 1. The van der Waals surface area contributed by atoms with Gasteiger partial charge in [0.05, 0.1) is 33.0 Å². The van der Waals surface area contributed by atoms with Crippen molar-refractivity contribution in [3.05, 3.63) is 0 Å². The first-order chi connectivity index (χ1) is 12.6. The zero-order valence-corrected chi connectivity index (χ0v) is 23.1. The van der Waals surface area contributed by atoms with Crippen molar-refractivity contribution >= 4 is 27.9 Å². The van der Waals surface area contributed by atoms with Crippen molar-refractivity contribution < 1.29 is 96.7 Å². The van der Waals surface area contributed by atoms with Crippen LogP contribution in [-0.2, 0) is 14.3 Å². The van der Waals surface area contributed by atoms with Crippen LogP contribution in [0.4, 0.5) is 0 Å². The molecule has 0 aliphatic rings. The third kappa shape index (κ3) is 20.5.